The first kappa shape index (κ1) is 18.7. The SMILES string of the molecule is COc1ccc(OC)c(S(=O)(=O)NCc2nnnn2-c2ccc(F)cc2)c1. The molecule has 142 valence electrons. The molecule has 0 spiro atoms. The Labute approximate surface area is 154 Å². The molecule has 9 nitrogen and oxygen atoms in total. The molecule has 27 heavy (non-hydrogen) atoms. The lowest BCUT2D eigenvalue weighted by Gasteiger charge is -2.12. The lowest BCUT2D eigenvalue weighted by Crippen LogP contribution is -2.25. The molecule has 3 aromatic rings. The minimum absolute atomic E-state index is 0.0786. The highest BCUT2D eigenvalue weighted by atomic mass is 32.2. The second kappa shape index (κ2) is 7.68. The van der Waals surface area contributed by atoms with Crippen LogP contribution in [0, 0.1) is 5.82 Å². The third kappa shape index (κ3) is 4.04. The van der Waals surface area contributed by atoms with Gasteiger partial charge in [0.15, 0.2) is 5.82 Å². The molecule has 3 rings (SSSR count). The number of ether oxygens (including phenoxy) is 2. The molecule has 0 radical (unpaired) electrons. The van der Waals surface area contributed by atoms with Gasteiger partial charge in [0.2, 0.25) is 10.0 Å². The number of nitrogens with zero attached hydrogens (tertiary/aromatic N) is 4. The van der Waals surface area contributed by atoms with Gasteiger partial charge in [-0.1, -0.05) is 0 Å². The maximum absolute atomic E-state index is 13.1. The Kier molecular flexibility index (Phi) is 5.33. The van der Waals surface area contributed by atoms with E-state index in [4.69, 9.17) is 9.47 Å². The molecule has 0 amide bonds. The molecule has 0 saturated heterocycles. The second-order valence-electron chi connectivity index (χ2n) is 5.32. The van der Waals surface area contributed by atoms with Crippen LogP contribution in [0.3, 0.4) is 0 Å². The highest BCUT2D eigenvalue weighted by Gasteiger charge is 2.22. The van der Waals surface area contributed by atoms with Crippen molar-refractivity contribution in [2.45, 2.75) is 11.4 Å². The molecule has 0 saturated carbocycles. The van der Waals surface area contributed by atoms with Gasteiger partial charge in [-0.25, -0.2) is 17.5 Å². The molecule has 0 bridgehead atoms. The summed E-state index contributed by atoms with van der Waals surface area (Å²) < 4.78 is 52.4. The summed E-state index contributed by atoms with van der Waals surface area (Å²) in [6.45, 7) is -0.187. The van der Waals surface area contributed by atoms with Gasteiger partial charge in [0.05, 0.1) is 26.5 Å². The third-order valence-corrected chi connectivity index (χ3v) is 5.11. The van der Waals surface area contributed by atoms with Crippen LogP contribution in [0.25, 0.3) is 5.69 Å². The van der Waals surface area contributed by atoms with Crippen LogP contribution in [0.4, 0.5) is 4.39 Å². The number of sulfonamides is 1. The van der Waals surface area contributed by atoms with E-state index in [9.17, 15) is 12.8 Å². The fourth-order valence-corrected chi connectivity index (χ4v) is 3.49. The number of benzene rings is 2. The van der Waals surface area contributed by atoms with Gasteiger partial charge < -0.3 is 9.47 Å². The van der Waals surface area contributed by atoms with Gasteiger partial charge in [-0.05, 0) is 46.8 Å². The zero-order valence-electron chi connectivity index (χ0n) is 14.5. The number of hydrogen-bond donors (Lipinski definition) is 1. The Bertz CT molecular complexity index is 1040. The first-order valence-corrected chi connectivity index (χ1v) is 9.18. The zero-order valence-corrected chi connectivity index (χ0v) is 15.3. The minimum Gasteiger partial charge on any atom is -0.497 e. The van der Waals surface area contributed by atoms with Gasteiger partial charge in [0, 0.05) is 6.07 Å². The molecule has 0 atom stereocenters. The topological polar surface area (TPSA) is 108 Å². The molecular weight excluding hydrogens is 377 g/mol. The summed E-state index contributed by atoms with van der Waals surface area (Å²) in [7, 11) is -1.14. The summed E-state index contributed by atoms with van der Waals surface area (Å²) in [5.41, 5.74) is 0.495. The number of hydrogen-bond acceptors (Lipinski definition) is 7. The van der Waals surface area contributed by atoms with Crippen molar-refractivity contribution in [3.05, 3.63) is 54.1 Å². The van der Waals surface area contributed by atoms with Crippen molar-refractivity contribution < 1.29 is 22.3 Å². The third-order valence-electron chi connectivity index (χ3n) is 3.69. The Morgan fingerprint density at radius 3 is 2.52 bits per heavy atom. The van der Waals surface area contributed by atoms with Gasteiger partial charge >= 0.3 is 0 Å². The van der Waals surface area contributed by atoms with Crippen molar-refractivity contribution >= 4 is 10.0 Å². The molecule has 0 aliphatic heterocycles. The van der Waals surface area contributed by atoms with Crippen molar-refractivity contribution in [3.63, 3.8) is 0 Å². The lowest BCUT2D eigenvalue weighted by atomic mass is 10.3. The first-order valence-electron chi connectivity index (χ1n) is 7.69. The van der Waals surface area contributed by atoms with Gasteiger partial charge in [0.25, 0.3) is 0 Å². The average molecular weight is 393 g/mol. The Balaban J connectivity index is 1.85. The highest BCUT2D eigenvalue weighted by Crippen LogP contribution is 2.28. The molecule has 1 aromatic heterocycles. The minimum atomic E-state index is -3.94. The summed E-state index contributed by atoms with van der Waals surface area (Å²) in [5, 5.41) is 11.2. The smallest absolute Gasteiger partial charge is 0.244 e. The number of nitrogens with one attached hydrogen (secondary N) is 1. The maximum Gasteiger partial charge on any atom is 0.244 e. The van der Waals surface area contributed by atoms with Crippen molar-refractivity contribution in [2.75, 3.05) is 14.2 Å². The number of tetrazole rings is 1. The van der Waals surface area contributed by atoms with E-state index in [1.54, 1.807) is 6.07 Å². The summed E-state index contributed by atoms with van der Waals surface area (Å²) in [6.07, 6.45) is 0. The quantitative estimate of drug-likeness (QED) is 0.644. The first-order chi connectivity index (χ1) is 12.9. The van der Waals surface area contributed by atoms with Gasteiger partial charge in [-0.15, -0.1) is 5.10 Å². The van der Waals surface area contributed by atoms with E-state index in [1.165, 1.54) is 55.3 Å². The monoisotopic (exact) mass is 393 g/mol. The van der Waals surface area contributed by atoms with E-state index < -0.39 is 15.8 Å². The summed E-state index contributed by atoms with van der Waals surface area (Å²) in [6, 6.07) is 9.91. The van der Waals surface area contributed by atoms with Crippen LogP contribution in [-0.4, -0.2) is 42.8 Å². The van der Waals surface area contributed by atoms with E-state index in [2.05, 4.69) is 20.2 Å². The van der Waals surface area contributed by atoms with E-state index in [0.29, 0.717) is 11.4 Å². The Morgan fingerprint density at radius 1 is 1.11 bits per heavy atom. The molecule has 1 N–H and O–H groups in total. The van der Waals surface area contributed by atoms with Gasteiger partial charge in [-0.3, -0.25) is 0 Å². The van der Waals surface area contributed by atoms with Crippen LogP contribution >= 0.6 is 0 Å². The maximum atomic E-state index is 13.1. The van der Waals surface area contributed by atoms with E-state index in [0.717, 1.165) is 0 Å². The van der Waals surface area contributed by atoms with Crippen LogP contribution in [0.15, 0.2) is 47.4 Å². The summed E-state index contributed by atoms with van der Waals surface area (Å²) in [5.74, 6) is 0.361. The van der Waals surface area contributed by atoms with E-state index >= 15 is 0 Å². The molecule has 2 aromatic carbocycles. The van der Waals surface area contributed by atoms with Gasteiger partial charge in [0.1, 0.15) is 22.2 Å². The molecule has 0 aliphatic carbocycles. The summed E-state index contributed by atoms with van der Waals surface area (Å²) >= 11 is 0. The standard InChI is InChI=1S/C16H16FN5O4S/c1-25-13-7-8-14(26-2)15(9-13)27(23,24)18-10-16-19-20-21-22(16)12-5-3-11(17)4-6-12/h3-9,18H,10H2,1-2H3. The predicted octanol–water partition coefficient (Wildman–Crippen LogP) is 1.30. The molecular formula is C16H16FN5O4S. The fraction of sp³-hybridized carbons (Fsp3) is 0.188. The molecule has 0 unspecified atom stereocenters. The van der Waals surface area contributed by atoms with Crippen LogP contribution in [0.1, 0.15) is 5.82 Å². The normalized spacial score (nSPS) is 11.4. The molecule has 1 heterocycles. The number of halogens is 1. The Morgan fingerprint density at radius 2 is 1.85 bits per heavy atom. The van der Waals surface area contributed by atoms with Crippen molar-refractivity contribution in [1.82, 2.24) is 24.9 Å². The fourth-order valence-electron chi connectivity index (χ4n) is 2.33. The molecule has 0 aliphatic rings. The highest BCUT2D eigenvalue weighted by molar-refractivity contribution is 7.89. The predicted molar refractivity (Wildman–Crippen MR) is 92.7 cm³/mol. The van der Waals surface area contributed by atoms with Crippen molar-refractivity contribution in [3.8, 4) is 17.2 Å². The number of methoxy groups -OCH3 is 2. The van der Waals surface area contributed by atoms with E-state index in [1.807, 2.05) is 0 Å². The van der Waals surface area contributed by atoms with Crippen LogP contribution in [0.2, 0.25) is 0 Å². The molecule has 11 heteroatoms. The average Bonchev–Trinajstić information content (AvgIpc) is 3.15. The Hall–Kier alpha value is -3.05. The zero-order chi connectivity index (χ0) is 19.4. The van der Waals surface area contributed by atoms with Crippen LogP contribution < -0.4 is 14.2 Å². The second-order valence-corrected chi connectivity index (χ2v) is 7.06. The van der Waals surface area contributed by atoms with Crippen LogP contribution in [0.5, 0.6) is 11.5 Å². The molecule has 0 fully saturated rings. The van der Waals surface area contributed by atoms with Gasteiger partial charge in [-0.2, -0.15) is 4.68 Å². The largest absolute Gasteiger partial charge is 0.497 e. The van der Waals surface area contributed by atoms with Crippen molar-refractivity contribution in [2.24, 2.45) is 0 Å². The van der Waals surface area contributed by atoms with E-state index in [-0.39, 0.29) is 23.0 Å². The number of rotatable bonds is 7. The number of aromatic nitrogens is 4. The summed E-state index contributed by atoms with van der Waals surface area (Å²) in [4.78, 5) is -0.0786. The van der Waals surface area contributed by atoms with Crippen molar-refractivity contribution in [1.29, 1.82) is 0 Å². The van der Waals surface area contributed by atoms with Crippen LogP contribution in [-0.2, 0) is 16.6 Å². The lowest BCUT2D eigenvalue weighted by molar-refractivity contribution is 0.392.